The molecule has 0 saturated heterocycles. The SMILES string of the molecule is CC(C)(NC(=O)C1CC[C@H]2[C@@H]3CCc4ccccc4[C@H]3CC[C@]12CC(=O)O)c1ccc(F)cc1. The standard InChI is InChI=1S/C29H34FNO3/c1-28(2,19-8-10-20(30)11-9-19)31-27(34)25-14-13-24-23-12-7-18-5-3-4-6-21(18)22(23)15-16-29(24,25)17-26(32)33/h3-6,8-11,22-25H,7,12-17H2,1-2H3,(H,31,34)(H,32,33)/t22-,23-,24+,25?,29-/m1/s1. The highest BCUT2D eigenvalue weighted by molar-refractivity contribution is 5.82. The van der Waals surface area contributed by atoms with Gasteiger partial charge in [0.15, 0.2) is 0 Å². The van der Waals surface area contributed by atoms with Crippen LogP contribution in [0.5, 0.6) is 0 Å². The number of carbonyl (C=O) groups excluding carboxylic acids is 1. The van der Waals surface area contributed by atoms with Crippen LogP contribution >= 0.6 is 0 Å². The van der Waals surface area contributed by atoms with Gasteiger partial charge in [-0.25, -0.2) is 4.39 Å². The molecular formula is C29H34FNO3. The molecule has 2 fully saturated rings. The highest BCUT2D eigenvalue weighted by atomic mass is 19.1. The molecule has 0 radical (unpaired) electrons. The van der Waals surface area contributed by atoms with Crippen molar-refractivity contribution in [1.82, 2.24) is 5.32 Å². The van der Waals surface area contributed by atoms with Gasteiger partial charge in [-0.15, -0.1) is 0 Å². The number of aryl methyl sites for hydroxylation is 1. The van der Waals surface area contributed by atoms with Crippen LogP contribution in [-0.2, 0) is 21.5 Å². The number of fused-ring (bicyclic) bond motifs is 5. The number of aliphatic carboxylic acids is 1. The van der Waals surface area contributed by atoms with E-state index < -0.39 is 16.9 Å². The highest BCUT2D eigenvalue weighted by Gasteiger charge is 2.60. The van der Waals surface area contributed by atoms with Gasteiger partial charge in [0.05, 0.1) is 12.0 Å². The van der Waals surface area contributed by atoms with Gasteiger partial charge in [0, 0.05) is 5.92 Å². The predicted octanol–water partition coefficient (Wildman–Crippen LogP) is 5.80. The van der Waals surface area contributed by atoms with Crippen LogP contribution in [0, 0.1) is 29.0 Å². The van der Waals surface area contributed by atoms with Gasteiger partial charge in [-0.2, -0.15) is 0 Å². The third kappa shape index (κ3) is 3.83. The van der Waals surface area contributed by atoms with Gasteiger partial charge in [0.25, 0.3) is 0 Å². The van der Waals surface area contributed by atoms with Crippen molar-refractivity contribution in [3.63, 3.8) is 0 Å². The topological polar surface area (TPSA) is 66.4 Å². The number of carbonyl (C=O) groups is 2. The van der Waals surface area contributed by atoms with Crippen LogP contribution in [0.1, 0.15) is 75.0 Å². The molecule has 1 unspecified atom stereocenters. The number of hydrogen-bond donors (Lipinski definition) is 2. The summed E-state index contributed by atoms with van der Waals surface area (Å²) in [5.41, 5.74) is 2.53. The van der Waals surface area contributed by atoms with Crippen molar-refractivity contribution in [2.45, 2.75) is 70.3 Å². The normalized spacial score (nSPS) is 30.1. The van der Waals surface area contributed by atoms with E-state index in [-0.39, 0.29) is 30.0 Å². The lowest BCUT2D eigenvalue weighted by molar-refractivity contribution is -0.146. The Bertz CT molecular complexity index is 1090. The Balaban J connectivity index is 1.43. The molecule has 0 heterocycles. The Hall–Kier alpha value is -2.69. The molecule has 0 bridgehead atoms. The maximum absolute atomic E-state index is 13.7. The third-order valence-corrected chi connectivity index (χ3v) is 9.15. The Morgan fingerprint density at radius 1 is 1.06 bits per heavy atom. The first kappa shape index (κ1) is 23.1. The highest BCUT2D eigenvalue weighted by Crippen LogP contribution is 2.64. The minimum absolute atomic E-state index is 0.0532. The van der Waals surface area contributed by atoms with Gasteiger partial charge in [-0.1, -0.05) is 36.4 Å². The lowest BCUT2D eigenvalue weighted by atomic mass is 9.52. The number of amides is 1. The molecule has 0 aliphatic heterocycles. The van der Waals surface area contributed by atoms with Crippen LogP contribution < -0.4 is 5.32 Å². The Labute approximate surface area is 201 Å². The molecule has 0 aromatic heterocycles. The summed E-state index contributed by atoms with van der Waals surface area (Å²) in [7, 11) is 0. The first-order valence-corrected chi connectivity index (χ1v) is 12.6. The minimum atomic E-state index is -0.808. The fraction of sp³-hybridized carbons (Fsp3) is 0.517. The van der Waals surface area contributed by atoms with Crippen LogP contribution in [0.2, 0.25) is 0 Å². The largest absolute Gasteiger partial charge is 0.481 e. The summed E-state index contributed by atoms with van der Waals surface area (Å²) >= 11 is 0. The van der Waals surface area contributed by atoms with E-state index in [2.05, 4.69) is 29.6 Å². The molecule has 2 aromatic rings. The molecule has 2 saturated carbocycles. The summed E-state index contributed by atoms with van der Waals surface area (Å²) in [6.07, 6.45) is 5.51. The number of hydrogen-bond acceptors (Lipinski definition) is 2. The molecule has 3 aliphatic rings. The molecule has 34 heavy (non-hydrogen) atoms. The number of carboxylic acids is 1. The zero-order valence-corrected chi connectivity index (χ0v) is 20.0. The summed E-state index contributed by atoms with van der Waals surface area (Å²) in [4.78, 5) is 25.8. The van der Waals surface area contributed by atoms with Crippen molar-refractivity contribution in [2.75, 3.05) is 0 Å². The molecule has 5 atom stereocenters. The van der Waals surface area contributed by atoms with Gasteiger partial charge < -0.3 is 10.4 Å². The third-order valence-electron chi connectivity index (χ3n) is 9.15. The average Bonchev–Trinajstić information content (AvgIpc) is 3.17. The van der Waals surface area contributed by atoms with Gasteiger partial charge >= 0.3 is 5.97 Å². The van der Waals surface area contributed by atoms with Gasteiger partial charge in [-0.05, 0) is 104 Å². The number of rotatable bonds is 5. The Morgan fingerprint density at radius 2 is 1.79 bits per heavy atom. The van der Waals surface area contributed by atoms with E-state index in [0.29, 0.717) is 11.8 Å². The molecule has 1 amide bonds. The van der Waals surface area contributed by atoms with Crippen molar-refractivity contribution in [3.05, 3.63) is 71.0 Å². The second kappa shape index (κ2) is 8.51. The van der Waals surface area contributed by atoms with E-state index in [0.717, 1.165) is 44.1 Å². The summed E-state index contributed by atoms with van der Waals surface area (Å²) in [6.45, 7) is 3.84. The number of benzene rings is 2. The molecule has 4 nitrogen and oxygen atoms in total. The smallest absolute Gasteiger partial charge is 0.303 e. The lowest BCUT2D eigenvalue weighted by Crippen LogP contribution is -2.51. The van der Waals surface area contributed by atoms with Crippen LogP contribution in [-0.4, -0.2) is 17.0 Å². The summed E-state index contributed by atoms with van der Waals surface area (Å²) in [5, 5.41) is 13.1. The van der Waals surface area contributed by atoms with Crippen molar-refractivity contribution in [2.24, 2.45) is 23.2 Å². The zero-order valence-electron chi connectivity index (χ0n) is 20.0. The van der Waals surface area contributed by atoms with E-state index in [4.69, 9.17) is 0 Å². The quantitative estimate of drug-likeness (QED) is 0.589. The van der Waals surface area contributed by atoms with Crippen LogP contribution in [0.15, 0.2) is 48.5 Å². The average molecular weight is 464 g/mol. The van der Waals surface area contributed by atoms with Gasteiger partial charge in [0.2, 0.25) is 5.91 Å². The van der Waals surface area contributed by atoms with Crippen LogP contribution in [0.25, 0.3) is 0 Å². The summed E-state index contributed by atoms with van der Waals surface area (Å²) in [6, 6.07) is 14.9. The maximum Gasteiger partial charge on any atom is 0.303 e. The number of carboxylic acid groups (broad SMARTS) is 1. The van der Waals surface area contributed by atoms with Gasteiger partial charge in [0.1, 0.15) is 5.82 Å². The molecule has 3 aliphatic carbocycles. The molecular weight excluding hydrogens is 429 g/mol. The van der Waals surface area contributed by atoms with Crippen molar-refractivity contribution in [3.8, 4) is 0 Å². The molecule has 2 N–H and O–H groups in total. The van der Waals surface area contributed by atoms with Crippen molar-refractivity contribution in [1.29, 1.82) is 0 Å². The fourth-order valence-electron chi connectivity index (χ4n) is 7.68. The monoisotopic (exact) mass is 463 g/mol. The number of nitrogens with one attached hydrogen (secondary N) is 1. The van der Waals surface area contributed by atoms with Crippen LogP contribution in [0.3, 0.4) is 0 Å². The second-order valence-corrected chi connectivity index (χ2v) is 11.2. The summed E-state index contributed by atoms with van der Waals surface area (Å²) in [5.74, 6) is -0.340. The molecule has 5 rings (SSSR count). The van der Waals surface area contributed by atoms with E-state index in [1.54, 1.807) is 12.1 Å². The first-order valence-electron chi connectivity index (χ1n) is 12.6. The van der Waals surface area contributed by atoms with Crippen LogP contribution in [0.4, 0.5) is 4.39 Å². The van der Waals surface area contributed by atoms with Gasteiger partial charge in [-0.3, -0.25) is 9.59 Å². The minimum Gasteiger partial charge on any atom is -0.481 e. The maximum atomic E-state index is 13.7. The van der Waals surface area contributed by atoms with E-state index in [1.165, 1.54) is 23.3 Å². The Morgan fingerprint density at radius 3 is 2.53 bits per heavy atom. The molecule has 5 heteroatoms. The molecule has 2 aromatic carbocycles. The molecule has 0 spiro atoms. The van der Waals surface area contributed by atoms with Crippen molar-refractivity contribution < 1.29 is 19.1 Å². The zero-order chi connectivity index (χ0) is 24.1. The summed E-state index contributed by atoms with van der Waals surface area (Å²) < 4.78 is 13.4. The van der Waals surface area contributed by atoms with E-state index >= 15 is 0 Å². The first-order chi connectivity index (χ1) is 16.2. The second-order valence-electron chi connectivity index (χ2n) is 11.2. The molecule has 180 valence electrons. The fourth-order valence-corrected chi connectivity index (χ4v) is 7.68. The lowest BCUT2D eigenvalue weighted by Gasteiger charge is -2.52. The predicted molar refractivity (Wildman–Crippen MR) is 129 cm³/mol. The number of halogens is 1. The van der Waals surface area contributed by atoms with E-state index in [9.17, 15) is 19.1 Å². The van der Waals surface area contributed by atoms with Crippen molar-refractivity contribution >= 4 is 11.9 Å². The Kier molecular flexibility index (Phi) is 5.78. The van der Waals surface area contributed by atoms with E-state index in [1.807, 2.05) is 13.8 Å².